The third kappa shape index (κ3) is 8.31. The smallest absolute Gasteiger partial charge is 0.464 e. The Bertz CT molecular complexity index is 1020. The van der Waals surface area contributed by atoms with Crippen molar-refractivity contribution in [3.8, 4) is 11.5 Å². The van der Waals surface area contributed by atoms with Gasteiger partial charge >= 0.3 is 13.7 Å². The highest BCUT2D eigenvalue weighted by atomic mass is 31.2. The molecule has 1 atom stereocenters. The Balaban J connectivity index is 2.33. The molecule has 2 aromatic rings. The SMILES string of the molecule is CCC(CC)COC(=O)[C@@H](NP(=O)(Oc1ccc([N+](=O)[O-])cc1)Oc1ccc([N+](=O)[O-])cc1)C(C)C. The van der Waals surface area contributed by atoms with E-state index >= 15 is 0 Å². The van der Waals surface area contributed by atoms with Gasteiger partial charge < -0.3 is 13.8 Å². The molecule has 0 saturated heterocycles. The minimum absolute atomic E-state index is 0.0220. The number of nitrogens with zero attached hydrogens (tertiary/aromatic N) is 2. The molecule has 12 nitrogen and oxygen atoms in total. The van der Waals surface area contributed by atoms with Crippen molar-refractivity contribution in [2.24, 2.45) is 11.8 Å². The lowest BCUT2D eigenvalue weighted by Gasteiger charge is -2.27. The fourth-order valence-corrected chi connectivity index (χ4v) is 4.75. The van der Waals surface area contributed by atoms with Crippen molar-refractivity contribution in [2.75, 3.05) is 6.61 Å². The molecule has 0 aliphatic heterocycles. The van der Waals surface area contributed by atoms with Crippen LogP contribution < -0.4 is 14.1 Å². The summed E-state index contributed by atoms with van der Waals surface area (Å²) in [6.07, 6.45) is 1.66. The van der Waals surface area contributed by atoms with Crippen LogP contribution in [0, 0.1) is 32.1 Å². The van der Waals surface area contributed by atoms with Crippen LogP contribution in [0.25, 0.3) is 0 Å². The van der Waals surface area contributed by atoms with Gasteiger partial charge in [-0.2, -0.15) is 5.09 Å². The molecule has 0 spiro atoms. The van der Waals surface area contributed by atoms with Crippen LogP contribution >= 0.6 is 7.75 Å². The number of nitrogens with one attached hydrogen (secondary N) is 1. The van der Waals surface area contributed by atoms with Crippen LogP contribution in [0.2, 0.25) is 0 Å². The van der Waals surface area contributed by atoms with E-state index in [4.69, 9.17) is 13.8 Å². The van der Waals surface area contributed by atoms with E-state index in [0.29, 0.717) is 0 Å². The summed E-state index contributed by atoms with van der Waals surface area (Å²) in [5.74, 6) is -0.885. The maximum absolute atomic E-state index is 13.8. The first-order chi connectivity index (χ1) is 17.0. The first-order valence-corrected chi connectivity index (χ1v) is 12.9. The summed E-state index contributed by atoms with van der Waals surface area (Å²) < 4.78 is 30.4. The topological polar surface area (TPSA) is 160 Å². The third-order valence-corrected chi connectivity index (χ3v) is 6.88. The summed E-state index contributed by atoms with van der Waals surface area (Å²) in [6, 6.07) is 8.52. The van der Waals surface area contributed by atoms with Gasteiger partial charge in [0.05, 0.1) is 16.5 Å². The molecule has 0 bridgehead atoms. The van der Waals surface area contributed by atoms with Crippen molar-refractivity contribution in [3.63, 3.8) is 0 Å². The maximum atomic E-state index is 13.8. The van der Waals surface area contributed by atoms with Gasteiger partial charge in [0.15, 0.2) is 0 Å². The first-order valence-electron chi connectivity index (χ1n) is 11.4. The van der Waals surface area contributed by atoms with Gasteiger partial charge in [-0.1, -0.05) is 40.5 Å². The molecule has 2 rings (SSSR count). The minimum Gasteiger partial charge on any atom is -0.464 e. The summed E-state index contributed by atoms with van der Waals surface area (Å²) in [6.45, 7) is 7.62. The minimum atomic E-state index is -4.36. The number of nitro benzene ring substituents is 2. The van der Waals surface area contributed by atoms with Gasteiger partial charge in [0.2, 0.25) is 0 Å². The zero-order valence-electron chi connectivity index (χ0n) is 20.5. The van der Waals surface area contributed by atoms with Gasteiger partial charge in [0, 0.05) is 24.3 Å². The highest BCUT2D eigenvalue weighted by Crippen LogP contribution is 2.46. The Kier molecular flexibility index (Phi) is 10.4. The van der Waals surface area contributed by atoms with Gasteiger partial charge in [0.1, 0.15) is 17.5 Å². The van der Waals surface area contributed by atoms with Crippen LogP contribution in [0.3, 0.4) is 0 Å². The quantitative estimate of drug-likeness (QED) is 0.141. The summed E-state index contributed by atoms with van der Waals surface area (Å²) >= 11 is 0. The number of nitro groups is 2. The van der Waals surface area contributed by atoms with E-state index in [9.17, 15) is 29.6 Å². The van der Waals surface area contributed by atoms with Crippen molar-refractivity contribution in [3.05, 3.63) is 68.8 Å². The number of hydrogen-bond donors (Lipinski definition) is 1. The molecular weight excluding hydrogens is 493 g/mol. The van der Waals surface area contributed by atoms with Crippen LogP contribution in [0.1, 0.15) is 40.5 Å². The molecule has 2 aromatic carbocycles. The monoisotopic (exact) mass is 523 g/mol. The van der Waals surface area contributed by atoms with E-state index in [-0.39, 0.29) is 41.3 Å². The number of carbonyl (C=O) groups excluding carboxylic acids is 1. The van der Waals surface area contributed by atoms with Crippen molar-refractivity contribution in [1.29, 1.82) is 0 Å². The molecule has 0 aliphatic carbocycles. The number of ether oxygens (including phenoxy) is 1. The number of carbonyl (C=O) groups is 1. The van der Waals surface area contributed by atoms with Crippen molar-refractivity contribution in [2.45, 2.75) is 46.6 Å². The number of non-ortho nitro benzene ring substituents is 2. The first kappa shape index (κ1) is 28.7. The molecule has 0 aliphatic rings. The summed E-state index contributed by atoms with van der Waals surface area (Å²) in [7, 11) is -4.36. The summed E-state index contributed by atoms with van der Waals surface area (Å²) in [4.78, 5) is 33.6. The van der Waals surface area contributed by atoms with E-state index in [1.807, 2.05) is 13.8 Å². The Morgan fingerprint density at radius 3 is 1.64 bits per heavy atom. The van der Waals surface area contributed by atoms with E-state index in [1.54, 1.807) is 13.8 Å². The molecule has 0 aromatic heterocycles. The summed E-state index contributed by atoms with van der Waals surface area (Å²) in [5.41, 5.74) is -0.405. The van der Waals surface area contributed by atoms with E-state index < -0.39 is 29.6 Å². The van der Waals surface area contributed by atoms with Gasteiger partial charge in [-0.15, -0.1) is 0 Å². The largest absolute Gasteiger partial charge is 0.513 e. The molecule has 1 N–H and O–H groups in total. The highest BCUT2D eigenvalue weighted by Gasteiger charge is 2.38. The van der Waals surface area contributed by atoms with Gasteiger partial charge in [0.25, 0.3) is 11.4 Å². The number of hydrogen-bond acceptors (Lipinski definition) is 9. The number of rotatable bonds is 14. The standard InChI is InChI=1S/C23H30N3O9P/c1-5-17(6-2)15-33-23(27)22(16(3)4)24-36(32,34-20-11-7-18(8-12-20)25(28)29)35-21-13-9-19(10-14-21)26(30)31/h7-14,16-17,22H,5-6,15H2,1-4H3,(H,24,32)/t22-/m0/s1. The normalized spacial score (nSPS) is 12.3. The predicted octanol–water partition coefficient (Wildman–Crippen LogP) is 5.66. The Hall–Kier alpha value is -3.50. The second kappa shape index (κ2) is 13.0. The van der Waals surface area contributed by atoms with Gasteiger partial charge in [-0.05, 0) is 36.1 Å². The van der Waals surface area contributed by atoms with Crippen LogP contribution in [-0.2, 0) is 14.1 Å². The lowest BCUT2D eigenvalue weighted by Crippen LogP contribution is -2.42. The van der Waals surface area contributed by atoms with Crippen LogP contribution in [0.15, 0.2) is 48.5 Å². The molecule has 0 fully saturated rings. The average molecular weight is 523 g/mol. The zero-order valence-corrected chi connectivity index (χ0v) is 21.4. The molecule has 36 heavy (non-hydrogen) atoms. The van der Waals surface area contributed by atoms with Gasteiger partial charge in [-0.3, -0.25) is 25.0 Å². The summed E-state index contributed by atoms with van der Waals surface area (Å²) in [5, 5.41) is 24.5. The lowest BCUT2D eigenvalue weighted by atomic mass is 10.0. The Morgan fingerprint density at radius 1 is 0.889 bits per heavy atom. The highest BCUT2D eigenvalue weighted by molar-refractivity contribution is 7.52. The third-order valence-electron chi connectivity index (χ3n) is 5.38. The molecule has 0 unspecified atom stereocenters. The second-order valence-electron chi connectivity index (χ2n) is 8.35. The molecule has 13 heteroatoms. The van der Waals surface area contributed by atoms with Crippen LogP contribution in [0.4, 0.5) is 11.4 Å². The Labute approximate surface area is 208 Å². The van der Waals surface area contributed by atoms with E-state index in [1.165, 1.54) is 24.3 Å². The fourth-order valence-electron chi connectivity index (χ4n) is 3.06. The molecule has 0 amide bonds. The van der Waals surface area contributed by atoms with E-state index in [0.717, 1.165) is 37.1 Å². The number of esters is 1. The van der Waals surface area contributed by atoms with Crippen molar-refractivity contribution in [1.82, 2.24) is 5.09 Å². The second-order valence-corrected chi connectivity index (χ2v) is 9.96. The number of benzene rings is 2. The Morgan fingerprint density at radius 2 is 1.31 bits per heavy atom. The molecule has 196 valence electrons. The van der Waals surface area contributed by atoms with Crippen LogP contribution in [0.5, 0.6) is 11.5 Å². The van der Waals surface area contributed by atoms with Gasteiger partial charge in [-0.25, -0.2) is 4.57 Å². The van der Waals surface area contributed by atoms with E-state index in [2.05, 4.69) is 5.09 Å². The molecule has 0 heterocycles. The molecule has 0 radical (unpaired) electrons. The van der Waals surface area contributed by atoms with Crippen molar-refractivity contribution < 1.29 is 33.0 Å². The van der Waals surface area contributed by atoms with Crippen LogP contribution in [-0.4, -0.2) is 28.5 Å². The predicted molar refractivity (Wildman–Crippen MR) is 132 cm³/mol. The van der Waals surface area contributed by atoms with Crippen molar-refractivity contribution >= 4 is 25.1 Å². The molecular formula is C23H30N3O9P. The zero-order chi connectivity index (χ0) is 26.9. The molecule has 0 saturated carbocycles. The average Bonchev–Trinajstić information content (AvgIpc) is 2.83. The lowest BCUT2D eigenvalue weighted by molar-refractivity contribution is -0.385. The fraction of sp³-hybridized carbons (Fsp3) is 0.435. The maximum Gasteiger partial charge on any atom is 0.513 e.